The molecule has 25 heavy (non-hydrogen) atoms. The zero-order valence-electron chi connectivity index (χ0n) is 15.0. The highest BCUT2D eigenvalue weighted by Gasteiger charge is 2.10. The molecule has 130 valence electrons. The Morgan fingerprint density at radius 1 is 1.12 bits per heavy atom. The van der Waals surface area contributed by atoms with Crippen LogP contribution in [0.2, 0.25) is 0 Å². The van der Waals surface area contributed by atoms with E-state index in [1.54, 1.807) is 7.11 Å². The molecule has 0 saturated carbocycles. The molecule has 0 bridgehead atoms. The van der Waals surface area contributed by atoms with Gasteiger partial charge in [0.15, 0.2) is 0 Å². The van der Waals surface area contributed by atoms with Crippen LogP contribution in [0.1, 0.15) is 18.3 Å². The zero-order valence-corrected chi connectivity index (χ0v) is 15.0. The van der Waals surface area contributed by atoms with Gasteiger partial charge in [0.05, 0.1) is 25.0 Å². The van der Waals surface area contributed by atoms with Gasteiger partial charge in [-0.1, -0.05) is 12.1 Å². The van der Waals surface area contributed by atoms with Crippen molar-refractivity contribution < 1.29 is 4.74 Å². The van der Waals surface area contributed by atoms with Crippen molar-refractivity contribution in [3.05, 3.63) is 53.9 Å². The summed E-state index contributed by atoms with van der Waals surface area (Å²) in [6, 6.07) is 13.9. The Kier molecular flexibility index (Phi) is 4.97. The lowest BCUT2D eigenvalue weighted by Gasteiger charge is -2.15. The molecule has 1 atom stereocenters. The zero-order chi connectivity index (χ0) is 17.8. The quantitative estimate of drug-likeness (QED) is 0.746. The van der Waals surface area contributed by atoms with Gasteiger partial charge < -0.3 is 10.1 Å². The molecule has 0 spiro atoms. The summed E-state index contributed by atoms with van der Waals surface area (Å²) in [7, 11) is 1.66. The van der Waals surface area contributed by atoms with Gasteiger partial charge in [0.2, 0.25) is 0 Å². The number of rotatable bonds is 6. The second-order valence-electron chi connectivity index (χ2n) is 6.16. The first-order valence-corrected chi connectivity index (χ1v) is 8.31. The van der Waals surface area contributed by atoms with Gasteiger partial charge >= 0.3 is 0 Å². The minimum absolute atomic E-state index is 0.185. The Hall–Kier alpha value is -2.89. The van der Waals surface area contributed by atoms with Crippen LogP contribution >= 0.6 is 0 Å². The summed E-state index contributed by atoms with van der Waals surface area (Å²) >= 11 is 0. The van der Waals surface area contributed by atoms with Crippen molar-refractivity contribution in [1.82, 2.24) is 20.0 Å². The summed E-state index contributed by atoms with van der Waals surface area (Å²) < 4.78 is 7.38. The number of nitrogens with zero attached hydrogens (tertiary/aromatic N) is 4. The highest BCUT2D eigenvalue weighted by Crippen LogP contribution is 2.27. The third kappa shape index (κ3) is 3.96. The van der Waals surface area contributed by atoms with E-state index in [1.165, 1.54) is 0 Å². The van der Waals surface area contributed by atoms with E-state index in [9.17, 15) is 0 Å². The Morgan fingerprint density at radius 3 is 2.56 bits per heavy atom. The lowest BCUT2D eigenvalue weighted by Crippen LogP contribution is -2.24. The monoisotopic (exact) mass is 337 g/mol. The Morgan fingerprint density at radius 2 is 1.92 bits per heavy atom. The number of hydrogen-bond donors (Lipinski definition) is 1. The van der Waals surface area contributed by atoms with Crippen molar-refractivity contribution in [3.63, 3.8) is 0 Å². The van der Waals surface area contributed by atoms with Crippen molar-refractivity contribution in [3.8, 4) is 17.0 Å². The SMILES string of the molecule is COc1ccccc1-c1ccc(N[C@H](C)Cn2nc(C)cc2C)nn1. The average molecular weight is 337 g/mol. The van der Waals surface area contributed by atoms with Crippen molar-refractivity contribution in [2.45, 2.75) is 33.4 Å². The van der Waals surface area contributed by atoms with Crippen LogP contribution in [0.25, 0.3) is 11.3 Å². The molecular weight excluding hydrogens is 314 g/mol. The minimum atomic E-state index is 0.185. The Bertz CT molecular complexity index is 841. The van der Waals surface area contributed by atoms with E-state index < -0.39 is 0 Å². The molecule has 1 N–H and O–H groups in total. The van der Waals surface area contributed by atoms with Crippen LogP contribution in [0.5, 0.6) is 5.75 Å². The fraction of sp³-hybridized carbons (Fsp3) is 0.316. The van der Waals surface area contributed by atoms with Crippen LogP contribution < -0.4 is 10.1 Å². The minimum Gasteiger partial charge on any atom is -0.496 e. The molecule has 0 unspecified atom stereocenters. The molecule has 3 aromatic rings. The van der Waals surface area contributed by atoms with Gasteiger partial charge in [-0.05, 0) is 51.1 Å². The summed E-state index contributed by atoms with van der Waals surface area (Å²) in [4.78, 5) is 0. The maximum Gasteiger partial charge on any atom is 0.148 e. The van der Waals surface area contributed by atoms with Crippen LogP contribution in [-0.2, 0) is 6.54 Å². The van der Waals surface area contributed by atoms with Gasteiger partial charge in [-0.25, -0.2) is 0 Å². The Balaban J connectivity index is 1.69. The van der Waals surface area contributed by atoms with E-state index in [4.69, 9.17) is 4.74 Å². The molecule has 0 saturated heterocycles. The molecule has 3 rings (SSSR count). The highest BCUT2D eigenvalue weighted by molar-refractivity contribution is 5.67. The van der Waals surface area contributed by atoms with Gasteiger partial charge in [0, 0.05) is 17.3 Å². The number of ether oxygens (including phenoxy) is 1. The largest absolute Gasteiger partial charge is 0.496 e. The maximum absolute atomic E-state index is 5.38. The van der Waals surface area contributed by atoms with E-state index in [2.05, 4.69) is 40.5 Å². The third-order valence-electron chi connectivity index (χ3n) is 3.99. The average Bonchev–Trinajstić information content (AvgIpc) is 2.92. The number of anilines is 1. The standard InChI is InChI=1S/C19H23N5O/c1-13-11-15(3)24(23-13)12-14(2)20-19-10-9-17(21-22-19)16-7-5-6-8-18(16)25-4/h5-11,14H,12H2,1-4H3,(H,20,22)/t14-/m1/s1. The fourth-order valence-corrected chi connectivity index (χ4v) is 2.83. The van der Waals surface area contributed by atoms with Crippen molar-refractivity contribution in [2.24, 2.45) is 0 Å². The number of aryl methyl sites for hydroxylation is 2. The predicted octanol–water partition coefficient (Wildman–Crippen LogP) is 3.47. The van der Waals surface area contributed by atoms with E-state index in [-0.39, 0.29) is 6.04 Å². The maximum atomic E-state index is 5.38. The normalized spacial score (nSPS) is 12.0. The summed E-state index contributed by atoms with van der Waals surface area (Å²) in [5, 5.41) is 16.5. The van der Waals surface area contributed by atoms with E-state index >= 15 is 0 Å². The second-order valence-corrected chi connectivity index (χ2v) is 6.16. The molecular formula is C19H23N5O. The fourth-order valence-electron chi connectivity index (χ4n) is 2.83. The molecule has 0 aliphatic heterocycles. The number of benzene rings is 1. The second kappa shape index (κ2) is 7.34. The first-order valence-electron chi connectivity index (χ1n) is 8.31. The van der Waals surface area contributed by atoms with Crippen LogP contribution in [0, 0.1) is 13.8 Å². The molecule has 2 heterocycles. The third-order valence-corrected chi connectivity index (χ3v) is 3.99. The smallest absolute Gasteiger partial charge is 0.148 e. The Labute approximate surface area is 147 Å². The molecule has 0 radical (unpaired) electrons. The van der Waals surface area contributed by atoms with Crippen LogP contribution in [0.4, 0.5) is 5.82 Å². The van der Waals surface area contributed by atoms with Crippen LogP contribution in [0.15, 0.2) is 42.5 Å². The summed E-state index contributed by atoms with van der Waals surface area (Å²) in [6.07, 6.45) is 0. The molecule has 0 amide bonds. The van der Waals surface area contributed by atoms with Gasteiger partial charge in [0.1, 0.15) is 11.6 Å². The van der Waals surface area contributed by atoms with Crippen LogP contribution in [0.3, 0.4) is 0 Å². The van der Waals surface area contributed by atoms with E-state index in [0.29, 0.717) is 0 Å². The molecule has 6 nitrogen and oxygen atoms in total. The summed E-state index contributed by atoms with van der Waals surface area (Å²) in [5.41, 5.74) is 3.91. The molecule has 2 aromatic heterocycles. The first-order chi connectivity index (χ1) is 12.1. The van der Waals surface area contributed by atoms with Gasteiger partial charge in [-0.15, -0.1) is 10.2 Å². The molecule has 0 aliphatic carbocycles. The number of hydrogen-bond acceptors (Lipinski definition) is 5. The molecule has 1 aromatic carbocycles. The molecule has 0 fully saturated rings. The van der Waals surface area contributed by atoms with Crippen LogP contribution in [-0.4, -0.2) is 33.1 Å². The highest BCUT2D eigenvalue weighted by atomic mass is 16.5. The van der Waals surface area contributed by atoms with E-state index in [0.717, 1.165) is 40.8 Å². The number of nitrogens with one attached hydrogen (secondary N) is 1. The van der Waals surface area contributed by atoms with Gasteiger partial charge in [-0.3, -0.25) is 4.68 Å². The van der Waals surface area contributed by atoms with Gasteiger partial charge in [-0.2, -0.15) is 5.10 Å². The lowest BCUT2D eigenvalue weighted by atomic mass is 10.1. The van der Waals surface area contributed by atoms with Gasteiger partial charge in [0.25, 0.3) is 0 Å². The number of methoxy groups -OCH3 is 1. The topological polar surface area (TPSA) is 64.9 Å². The summed E-state index contributed by atoms with van der Waals surface area (Å²) in [6.45, 7) is 6.94. The van der Waals surface area contributed by atoms with Crippen molar-refractivity contribution in [1.29, 1.82) is 0 Å². The molecule has 6 heteroatoms. The van der Waals surface area contributed by atoms with Crippen molar-refractivity contribution >= 4 is 5.82 Å². The first kappa shape index (κ1) is 17.0. The molecule has 0 aliphatic rings. The number of aromatic nitrogens is 4. The van der Waals surface area contributed by atoms with Crippen molar-refractivity contribution in [2.75, 3.05) is 12.4 Å². The van der Waals surface area contributed by atoms with E-state index in [1.807, 2.05) is 48.0 Å². The number of para-hydroxylation sites is 1. The summed E-state index contributed by atoms with van der Waals surface area (Å²) in [5.74, 6) is 1.53. The predicted molar refractivity (Wildman–Crippen MR) is 98.8 cm³/mol. The lowest BCUT2D eigenvalue weighted by molar-refractivity contribution is 0.416.